The molecule has 2 aliphatic rings. The van der Waals surface area contributed by atoms with E-state index in [0.717, 1.165) is 30.9 Å². The smallest absolute Gasteiger partial charge is 0.0787 e. The summed E-state index contributed by atoms with van der Waals surface area (Å²) in [6, 6.07) is 0.707. The lowest BCUT2D eigenvalue weighted by atomic mass is 9.91. The Labute approximate surface area is 84.5 Å². The molecule has 2 rings (SSSR count). The lowest BCUT2D eigenvalue weighted by Crippen LogP contribution is -2.48. The SMILES string of the molecule is OC1(CNC2CCC2)CCSCC1. The zero-order valence-corrected chi connectivity index (χ0v) is 8.91. The molecule has 0 aromatic carbocycles. The molecule has 2 N–H and O–H groups in total. The first-order valence-electron chi connectivity index (χ1n) is 5.32. The van der Waals surface area contributed by atoms with E-state index < -0.39 is 0 Å². The van der Waals surface area contributed by atoms with Gasteiger partial charge in [-0.3, -0.25) is 0 Å². The summed E-state index contributed by atoms with van der Waals surface area (Å²) in [5.74, 6) is 2.26. The summed E-state index contributed by atoms with van der Waals surface area (Å²) in [6.45, 7) is 0.818. The van der Waals surface area contributed by atoms with Gasteiger partial charge in [-0.1, -0.05) is 6.42 Å². The Morgan fingerprint density at radius 3 is 2.54 bits per heavy atom. The highest BCUT2D eigenvalue weighted by atomic mass is 32.2. The molecule has 0 amide bonds. The molecule has 1 heterocycles. The van der Waals surface area contributed by atoms with Crippen molar-refractivity contribution < 1.29 is 5.11 Å². The highest BCUT2D eigenvalue weighted by Crippen LogP contribution is 2.27. The average molecular weight is 201 g/mol. The summed E-state index contributed by atoms with van der Waals surface area (Å²) in [4.78, 5) is 0. The zero-order chi connectivity index (χ0) is 9.15. The summed E-state index contributed by atoms with van der Waals surface area (Å²) in [5, 5.41) is 13.6. The van der Waals surface area contributed by atoms with Crippen LogP contribution in [0, 0.1) is 0 Å². The van der Waals surface area contributed by atoms with Crippen LogP contribution in [0.1, 0.15) is 32.1 Å². The minimum atomic E-state index is -0.388. The molecule has 2 fully saturated rings. The fraction of sp³-hybridized carbons (Fsp3) is 1.00. The van der Waals surface area contributed by atoms with Crippen molar-refractivity contribution >= 4 is 11.8 Å². The zero-order valence-electron chi connectivity index (χ0n) is 8.09. The number of aliphatic hydroxyl groups is 1. The maximum atomic E-state index is 10.2. The van der Waals surface area contributed by atoms with Crippen molar-refractivity contribution in [3.63, 3.8) is 0 Å². The van der Waals surface area contributed by atoms with Gasteiger partial charge in [0.05, 0.1) is 5.60 Å². The largest absolute Gasteiger partial charge is 0.389 e. The van der Waals surface area contributed by atoms with Crippen LogP contribution < -0.4 is 5.32 Å². The summed E-state index contributed by atoms with van der Waals surface area (Å²) in [5.41, 5.74) is -0.388. The first kappa shape index (κ1) is 9.81. The van der Waals surface area contributed by atoms with Crippen LogP contribution in [-0.4, -0.2) is 34.8 Å². The van der Waals surface area contributed by atoms with Gasteiger partial charge in [-0.2, -0.15) is 11.8 Å². The van der Waals surface area contributed by atoms with E-state index in [4.69, 9.17) is 0 Å². The number of rotatable bonds is 3. The molecule has 3 heteroatoms. The quantitative estimate of drug-likeness (QED) is 0.723. The second-order valence-corrected chi connectivity index (χ2v) is 5.57. The summed E-state index contributed by atoms with van der Waals surface area (Å²) < 4.78 is 0. The van der Waals surface area contributed by atoms with Crippen molar-refractivity contribution in [2.24, 2.45) is 0 Å². The van der Waals surface area contributed by atoms with Gasteiger partial charge in [-0.15, -0.1) is 0 Å². The standard InChI is InChI=1S/C10H19NOS/c12-10(4-6-13-7-5-10)8-11-9-2-1-3-9/h9,11-12H,1-8H2. The molecule has 0 spiro atoms. The molecule has 0 aromatic heterocycles. The number of hydrogen-bond acceptors (Lipinski definition) is 3. The monoisotopic (exact) mass is 201 g/mol. The van der Waals surface area contributed by atoms with Crippen molar-refractivity contribution in [3.05, 3.63) is 0 Å². The van der Waals surface area contributed by atoms with Crippen LogP contribution in [0.2, 0.25) is 0 Å². The third-order valence-electron chi connectivity index (χ3n) is 3.25. The summed E-state index contributed by atoms with van der Waals surface area (Å²) >= 11 is 1.96. The highest BCUT2D eigenvalue weighted by Gasteiger charge is 2.30. The molecule has 0 unspecified atom stereocenters. The predicted octanol–water partition coefficient (Wildman–Crippen LogP) is 1.39. The molecule has 1 saturated heterocycles. The lowest BCUT2D eigenvalue weighted by Gasteiger charge is -2.35. The van der Waals surface area contributed by atoms with Crippen LogP contribution >= 0.6 is 11.8 Å². The Morgan fingerprint density at radius 2 is 2.00 bits per heavy atom. The molecule has 2 nitrogen and oxygen atoms in total. The van der Waals surface area contributed by atoms with Gasteiger partial charge < -0.3 is 10.4 Å². The maximum Gasteiger partial charge on any atom is 0.0787 e. The lowest BCUT2D eigenvalue weighted by molar-refractivity contribution is 0.0268. The third-order valence-corrected chi connectivity index (χ3v) is 4.23. The van der Waals surface area contributed by atoms with E-state index in [1.54, 1.807) is 0 Å². The molecule has 0 radical (unpaired) electrons. The van der Waals surface area contributed by atoms with E-state index in [1.165, 1.54) is 19.3 Å². The Kier molecular flexibility index (Phi) is 3.17. The predicted molar refractivity (Wildman–Crippen MR) is 57.2 cm³/mol. The van der Waals surface area contributed by atoms with Gasteiger partial charge in [0.15, 0.2) is 0 Å². The molecule has 76 valence electrons. The van der Waals surface area contributed by atoms with E-state index in [0.29, 0.717) is 6.04 Å². The van der Waals surface area contributed by atoms with Gasteiger partial charge in [0.25, 0.3) is 0 Å². The fourth-order valence-corrected chi connectivity index (χ4v) is 3.13. The van der Waals surface area contributed by atoms with Crippen LogP contribution in [0.5, 0.6) is 0 Å². The van der Waals surface area contributed by atoms with Crippen LogP contribution in [0.4, 0.5) is 0 Å². The second-order valence-electron chi connectivity index (χ2n) is 4.35. The van der Waals surface area contributed by atoms with Crippen molar-refractivity contribution in [1.82, 2.24) is 5.32 Å². The number of thioether (sulfide) groups is 1. The average Bonchev–Trinajstić information content (AvgIpc) is 2.02. The van der Waals surface area contributed by atoms with E-state index in [9.17, 15) is 5.11 Å². The van der Waals surface area contributed by atoms with Crippen LogP contribution in [-0.2, 0) is 0 Å². The molecule has 0 bridgehead atoms. The molecular formula is C10H19NOS. The normalized spacial score (nSPS) is 28.4. The van der Waals surface area contributed by atoms with Crippen LogP contribution in [0.3, 0.4) is 0 Å². The molecule has 13 heavy (non-hydrogen) atoms. The van der Waals surface area contributed by atoms with Crippen molar-refractivity contribution in [3.8, 4) is 0 Å². The van der Waals surface area contributed by atoms with Gasteiger partial charge >= 0.3 is 0 Å². The van der Waals surface area contributed by atoms with Crippen molar-refractivity contribution in [2.45, 2.75) is 43.7 Å². The maximum absolute atomic E-state index is 10.2. The van der Waals surface area contributed by atoms with Crippen LogP contribution in [0.15, 0.2) is 0 Å². The van der Waals surface area contributed by atoms with Crippen molar-refractivity contribution in [2.75, 3.05) is 18.1 Å². The molecule has 0 atom stereocenters. The minimum absolute atomic E-state index is 0.388. The summed E-state index contributed by atoms with van der Waals surface area (Å²) in [6.07, 6.45) is 5.93. The number of hydrogen-bond donors (Lipinski definition) is 2. The van der Waals surface area contributed by atoms with Gasteiger partial charge in [0.2, 0.25) is 0 Å². The molecule has 1 aliphatic heterocycles. The Morgan fingerprint density at radius 1 is 1.31 bits per heavy atom. The fourth-order valence-electron chi connectivity index (χ4n) is 1.87. The second kappa shape index (κ2) is 4.20. The Bertz CT molecular complexity index is 164. The van der Waals surface area contributed by atoms with E-state index in [-0.39, 0.29) is 5.60 Å². The molecule has 1 saturated carbocycles. The van der Waals surface area contributed by atoms with Crippen molar-refractivity contribution in [1.29, 1.82) is 0 Å². The van der Waals surface area contributed by atoms with E-state index in [2.05, 4.69) is 5.32 Å². The highest BCUT2D eigenvalue weighted by molar-refractivity contribution is 7.99. The molecule has 1 aliphatic carbocycles. The number of nitrogens with one attached hydrogen (secondary N) is 1. The third kappa shape index (κ3) is 2.61. The summed E-state index contributed by atoms with van der Waals surface area (Å²) in [7, 11) is 0. The Hall–Kier alpha value is 0.270. The first-order valence-corrected chi connectivity index (χ1v) is 6.48. The first-order chi connectivity index (χ1) is 6.29. The van der Waals surface area contributed by atoms with E-state index >= 15 is 0 Å². The van der Waals surface area contributed by atoms with E-state index in [1.807, 2.05) is 11.8 Å². The van der Waals surface area contributed by atoms with Gasteiger partial charge in [0, 0.05) is 12.6 Å². The van der Waals surface area contributed by atoms with Gasteiger partial charge in [-0.05, 0) is 37.2 Å². The molecule has 0 aromatic rings. The minimum Gasteiger partial charge on any atom is -0.389 e. The van der Waals surface area contributed by atoms with Crippen LogP contribution in [0.25, 0.3) is 0 Å². The van der Waals surface area contributed by atoms with Gasteiger partial charge in [-0.25, -0.2) is 0 Å². The molecular weight excluding hydrogens is 182 g/mol. The Balaban J connectivity index is 1.71. The topological polar surface area (TPSA) is 32.3 Å². The van der Waals surface area contributed by atoms with Gasteiger partial charge in [0.1, 0.15) is 0 Å².